The fraction of sp³-hybridized carbons (Fsp3) is 0.379. The molecular formula is C29H38SiZr. The SMILES string of the molecule is CCCC1=C(c2ccccc2)c2ccccc2[CH]1[Zr]([CH3])([CH3])(=[SiH2])[C]1=C(C)C(C)=C(C)C1C. The van der Waals surface area contributed by atoms with Gasteiger partial charge in [0.15, 0.2) is 0 Å². The van der Waals surface area contributed by atoms with Gasteiger partial charge in [-0.25, -0.2) is 0 Å². The zero-order valence-electron chi connectivity index (χ0n) is 20.5. The monoisotopic (exact) mass is 504 g/mol. The molecule has 0 N–H and O–H groups in total. The van der Waals surface area contributed by atoms with E-state index in [2.05, 4.69) is 105 Å². The Bertz CT molecular complexity index is 1200. The Morgan fingerprint density at radius 1 is 0.871 bits per heavy atom. The van der Waals surface area contributed by atoms with Crippen LogP contribution in [0.2, 0.25) is 9.26 Å². The van der Waals surface area contributed by atoms with Gasteiger partial charge >= 0.3 is 193 Å². The topological polar surface area (TPSA) is 0 Å². The van der Waals surface area contributed by atoms with Crippen molar-refractivity contribution in [2.24, 2.45) is 5.92 Å². The molecule has 0 saturated heterocycles. The van der Waals surface area contributed by atoms with E-state index in [1.807, 2.05) is 3.28 Å². The van der Waals surface area contributed by atoms with Crippen LogP contribution in [-0.2, 0) is 17.4 Å². The van der Waals surface area contributed by atoms with Gasteiger partial charge in [-0.3, -0.25) is 0 Å². The van der Waals surface area contributed by atoms with Gasteiger partial charge in [0, 0.05) is 0 Å². The van der Waals surface area contributed by atoms with Gasteiger partial charge in [0.05, 0.1) is 0 Å². The van der Waals surface area contributed by atoms with Gasteiger partial charge in [0.25, 0.3) is 0 Å². The average Bonchev–Trinajstić information content (AvgIpc) is 3.17. The van der Waals surface area contributed by atoms with Crippen LogP contribution in [0.5, 0.6) is 0 Å². The van der Waals surface area contributed by atoms with Crippen molar-refractivity contribution in [2.75, 3.05) is 0 Å². The van der Waals surface area contributed by atoms with Gasteiger partial charge in [-0.15, -0.1) is 0 Å². The number of rotatable bonds is 5. The number of hydrogen-bond acceptors (Lipinski definition) is 0. The summed E-state index contributed by atoms with van der Waals surface area (Å²) in [5.41, 5.74) is 12.5. The van der Waals surface area contributed by atoms with Crippen LogP contribution in [0.3, 0.4) is 0 Å². The molecule has 0 nitrogen and oxygen atoms in total. The summed E-state index contributed by atoms with van der Waals surface area (Å²) in [6, 6.07) is 20.5. The van der Waals surface area contributed by atoms with Gasteiger partial charge in [0.1, 0.15) is 0 Å². The van der Waals surface area contributed by atoms with Gasteiger partial charge < -0.3 is 0 Å². The van der Waals surface area contributed by atoms with E-state index in [9.17, 15) is 0 Å². The van der Waals surface area contributed by atoms with Crippen molar-refractivity contribution in [2.45, 2.75) is 60.3 Å². The summed E-state index contributed by atoms with van der Waals surface area (Å²) in [5, 5.41) is 0. The van der Waals surface area contributed by atoms with E-state index in [0.29, 0.717) is 9.54 Å². The molecule has 0 radical (unpaired) electrons. The molecule has 0 bridgehead atoms. The van der Waals surface area contributed by atoms with Crippen LogP contribution in [0.4, 0.5) is 0 Å². The first-order chi connectivity index (χ1) is 14.6. The minimum atomic E-state index is -3.41. The van der Waals surface area contributed by atoms with Crippen molar-refractivity contribution in [1.82, 2.24) is 0 Å². The maximum atomic E-state index is 2.74. The van der Waals surface area contributed by atoms with Crippen LogP contribution in [-0.4, -0.2) is 6.88 Å². The van der Waals surface area contributed by atoms with Crippen LogP contribution < -0.4 is 0 Å². The molecule has 2 unspecified atom stereocenters. The van der Waals surface area contributed by atoms with Crippen LogP contribution in [0, 0.1) is 5.92 Å². The van der Waals surface area contributed by atoms with Crippen molar-refractivity contribution >= 4 is 12.5 Å². The second-order valence-corrected chi connectivity index (χ2v) is 40.3. The van der Waals surface area contributed by atoms with Gasteiger partial charge in [-0.2, -0.15) is 0 Å². The Labute approximate surface area is 192 Å². The van der Waals surface area contributed by atoms with E-state index in [-0.39, 0.29) is 0 Å². The summed E-state index contributed by atoms with van der Waals surface area (Å²) >= 11 is -3.41. The third-order valence-electron chi connectivity index (χ3n) is 8.24. The Morgan fingerprint density at radius 3 is 2.06 bits per heavy atom. The van der Waals surface area contributed by atoms with Crippen LogP contribution in [0.15, 0.2) is 80.2 Å². The van der Waals surface area contributed by atoms with Crippen LogP contribution in [0.1, 0.15) is 67.8 Å². The normalized spacial score (nSPS) is 21.9. The molecule has 0 amide bonds. The average molecular weight is 506 g/mol. The van der Waals surface area contributed by atoms with Gasteiger partial charge in [0.2, 0.25) is 0 Å². The number of benzene rings is 2. The summed E-state index contributed by atoms with van der Waals surface area (Å²) in [4.78, 5) is 0. The molecule has 162 valence electrons. The number of fused-ring (bicyclic) bond motifs is 1. The Kier molecular flexibility index (Phi) is 5.89. The fourth-order valence-electron chi connectivity index (χ4n) is 6.87. The van der Waals surface area contributed by atoms with E-state index in [1.54, 1.807) is 27.9 Å². The Morgan fingerprint density at radius 2 is 1.48 bits per heavy atom. The van der Waals surface area contributed by atoms with Gasteiger partial charge in [-0.05, 0) is 0 Å². The van der Waals surface area contributed by atoms with Crippen molar-refractivity contribution < 1.29 is 17.4 Å². The quantitative estimate of drug-likeness (QED) is 0.362. The third-order valence-corrected chi connectivity index (χ3v) is 25.4. The zero-order valence-corrected chi connectivity index (χ0v) is 24.3. The zero-order chi connectivity index (χ0) is 22.6. The summed E-state index contributed by atoms with van der Waals surface area (Å²) in [7, 11) is 0. The summed E-state index contributed by atoms with van der Waals surface area (Å²) < 4.78 is 7.92. The van der Waals surface area contributed by atoms with Crippen molar-refractivity contribution in [3.63, 3.8) is 0 Å². The van der Waals surface area contributed by atoms with E-state index < -0.39 is 17.4 Å². The predicted molar refractivity (Wildman–Crippen MR) is 137 cm³/mol. The molecular weight excluding hydrogens is 468 g/mol. The maximum absolute atomic E-state index is 3.41. The third kappa shape index (κ3) is 3.50. The summed E-state index contributed by atoms with van der Waals surface area (Å²) in [6.45, 7) is 14.4. The minimum absolute atomic E-state index is 0.592. The Balaban J connectivity index is 2.04. The molecule has 0 fully saturated rings. The molecule has 2 aromatic carbocycles. The predicted octanol–water partition coefficient (Wildman–Crippen LogP) is 7.94. The van der Waals surface area contributed by atoms with Gasteiger partial charge in [-0.1, -0.05) is 0 Å². The molecule has 2 aliphatic carbocycles. The van der Waals surface area contributed by atoms with E-state index in [0.717, 1.165) is 0 Å². The second-order valence-electron chi connectivity index (χ2n) is 10.9. The molecule has 4 rings (SSSR count). The molecule has 0 heterocycles. The van der Waals surface area contributed by atoms with E-state index in [1.165, 1.54) is 29.5 Å². The Hall–Kier alpha value is -1.24. The molecule has 31 heavy (non-hydrogen) atoms. The first-order valence-electron chi connectivity index (χ1n) is 11.9. The molecule has 0 spiro atoms. The van der Waals surface area contributed by atoms with Crippen molar-refractivity contribution in [1.29, 1.82) is 0 Å². The number of hydrogen-bond donors (Lipinski definition) is 0. The first-order valence-corrected chi connectivity index (χ1v) is 25.4. The first kappa shape index (κ1) is 22.9. The molecule has 0 aromatic heterocycles. The number of allylic oxidation sites excluding steroid dienone is 5. The van der Waals surface area contributed by atoms with E-state index in [4.69, 9.17) is 0 Å². The van der Waals surface area contributed by atoms with Crippen molar-refractivity contribution in [3.05, 3.63) is 96.9 Å². The summed E-state index contributed by atoms with van der Waals surface area (Å²) in [6.07, 6.45) is 2.40. The summed E-state index contributed by atoms with van der Waals surface area (Å²) in [5.74, 6) is 0.592. The standard InChI is InChI=1S/C18H17.C9H13.2CH3.H2Si.Zr/c1-2-8-16-13-15-11-6-7-12-17(15)18(16)14-9-4-3-5-10-14;1-6-5-7(2)9(4)8(6)3;;;;/h3-7,9-13H,2,8H2,1H3;6H,1-4H3;2*1H3;1H2;. The molecule has 0 aliphatic heterocycles. The fourth-order valence-corrected chi connectivity index (χ4v) is 27.8. The second kappa shape index (κ2) is 7.96. The molecule has 2 aliphatic rings. The molecule has 2 atom stereocenters. The molecule has 2 heteroatoms. The van der Waals surface area contributed by atoms with Crippen LogP contribution >= 0.6 is 0 Å². The van der Waals surface area contributed by atoms with Crippen molar-refractivity contribution in [3.8, 4) is 0 Å². The van der Waals surface area contributed by atoms with E-state index >= 15 is 0 Å². The van der Waals surface area contributed by atoms with Crippen LogP contribution in [0.25, 0.3) is 5.57 Å². The molecule has 2 aromatic rings. The molecule has 0 saturated carbocycles.